The van der Waals surface area contributed by atoms with E-state index in [-0.39, 0.29) is 35.9 Å². The standard InChI is InChI=1S/C22H35ClN6O.HI/c1-4-24-22(25-15-20(27(2)3)17-5-7-18(23)8-6-17)29-13-11-28(12-14-29)16-21(30)26-19-9-10-19;/h5-8,19-20H,4,9-16H2,1-3H3,(H,24,25)(H,26,30);1H. The van der Waals surface area contributed by atoms with Crippen molar-refractivity contribution in [3.05, 3.63) is 34.9 Å². The van der Waals surface area contributed by atoms with Crippen LogP contribution in [0.2, 0.25) is 5.02 Å². The van der Waals surface area contributed by atoms with Crippen LogP contribution in [0.15, 0.2) is 29.3 Å². The van der Waals surface area contributed by atoms with Gasteiger partial charge in [0.1, 0.15) is 0 Å². The van der Waals surface area contributed by atoms with Gasteiger partial charge in [-0.1, -0.05) is 23.7 Å². The van der Waals surface area contributed by atoms with Crippen LogP contribution in [0.25, 0.3) is 0 Å². The number of carbonyl (C=O) groups excluding carboxylic acids is 1. The first-order valence-electron chi connectivity index (χ1n) is 10.9. The molecule has 0 aromatic heterocycles. The quantitative estimate of drug-likeness (QED) is 0.290. The molecule has 1 saturated carbocycles. The van der Waals surface area contributed by atoms with Crippen molar-refractivity contribution in [2.45, 2.75) is 31.8 Å². The van der Waals surface area contributed by atoms with Crippen molar-refractivity contribution in [1.82, 2.24) is 25.3 Å². The van der Waals surface area contributed by atoms with Crippen LogP contribution in [0.3, 0.4) is 0 Å². The molecule has 1 aromatic carbocycles. The first kappa shape index (κ1) is 26.2. The van der Waals surface area contributed by atoms with Gasteiger partial charge in [0.25, 0.3) is 0 Å². The van der Waals surface area contributed by atoms with Gasteiger partial charge in [-0.15, -0.1) is 24.0 Å². The molecule has 2 N–H and O–H groups in total. The highest BCUT2D eigenvalue weighted by molar-refractivity contribution is 14.0. The number of piperazine rings is 1. The zero-order valence-corrected chi connectivity index (χ0v) is 21.9. The number of hydrogen-bond acceptors (Lipinski definition) is 4. The molecule has 7 nitrogen and oxygen atoms in total. The predicted octanol–water partition coefficient (Wildman–Crippen LogP) is 2.42. The molecule has 1 aliphatic carbocycles. The van der Waals surface area contributed by atoms with E-state index >= 15 is 0 Å². The van der Waals surface area contributed by atoms with E-state index in [1.54, 1.807) is 0 Å². The van der Waals surface area contributed by atoms with E-state index in [1.807, 2.05) is 12.1 Å². The molecule has 1 unspecified atom stereocenters. The summed E-state index contributed by atoms with van der Waals surface area (Å²) in [7, 11) is 4.15. The fourth-order valence-electron chi connectivity index (χ4n) is 3.67. The lowest BCUT2D eigenvalue weighted by molar-refractivity contribution is -0.122. The predicted molar refractivity (Wildman–Crippen MR) is 138 cm³/mol. The molecule has 1 aromatic rings. The zero-order valence-electron chi connectivity index (χ0n) is 18.8. The van der Waals surface area contributed by atoms with Gasteiger partial charge in [0.2, 0.25) is 5.91 Å². The maximum Gasteiger partial charge on any atom is 0.234 e. The van der Waals surface area contributed by atoms with Crippen LogP contribution in [0.4, 0.5) is 0 Å². The van der Waals surface area contributed by atoms with Gasteiger partial charge in [-0.25, -0.2) is 0 Å². The number of rotatable bonds is 8. The molecular formula is C22H36ClIN6O. The monoisotopic (exact) mass is 562 g/mol. The summed E-state index contributed by atoms with van der Waals surface area (Å²) in [5.41, 5.74) is 1.20. The highest BCUT2D eigenvalue weighted by Crippen LogP contribution is 2.21. The van der Waals surface area contributed by atoms with Gasteiger partial charge >= 0.3 is 0 Å². The van der Waals surface area contributed by atoms with E-state index in [0.717, 1.165) is 56.5 Å². The smallest absolute Gasteiger partial charge is 0.234 e. The van der Waals surface area contributed by atoms with Crippen molar-refractivity contribution < 1.29 is 4.79 Å². The molecule has 174 valence electrons. The molecule has 3 rings (SSSR count). The van der Waals surface area contributed by atoms with Crippen molar-refractivity contribution in [2.24, 2.45) is 4.99 Å². The maximum atomic E-state index is 12.1. The molecule has 1 atom stereocenters. The van der Waals surface area contributed by atoms with Crippen LogP contribution in [0.1, 0.15) is 31.4 Å². The highest BCUT2D eigenvalue weighted by Gasteiger charge is 2.26. The summed E-state index contributed by atoms with van der Waals surface area (Å²) in [5, 5.41) is 7.26. The highest BCUT2D eigenvalue weighted by atomic mass is 127. The van der Waals surface area contributed by atoms with E-state index in [4.69, 9.17) is 16.6 Å². The molecular weight excluding hydrogens is 527 g/mol. The Morgan fingerprint density at radius 1 is 1.19 bits per heavy atom. The van der Waals surface area contributed by atoms with E-state index in [0.29, 0.717) is 19.1 Å². The summed E-state index contributed by atoms with van der Waals surface area (Å²) >= 11 is 6.05. The number of aliphatic imine (C=N–C) groups is 1. The first-order chi connectivity index (χ1) is 14.5. The summed E-state index contributed by atoms with van der Waals surface area (Å²) in [6.07, 6.45) is 2.26. The van der Waals surface area contributed by atoms with Crippen molar-refractivity contribution in [1.29, 1.82) is 0 Å². The maximum absolute atomic E-state index is 12.1. The summed E-state index contributed by atoms with van der Waals surface area (Å²) in [6.45, 7) is 7.57. The number of nitrogens with one attached hydrogen (secondary N) is 2. The van der Waals surface area contributed by atoms with Crippen LogP contribution < -0.4 is 10.6 Å². The van der Waals surface area contributed by atoms with E-state index in [2.05, 4.69) is 58.5 Å². The average Bonchev–Trinajstić information content (AvgIpc) is 3.53. The Labute approximate surface area is 208 Å². The molecule has 1 amide bonds. The van der Waals surface area contributed by atoms with Gasteiger partial charge < -0.3 is 20.4 Å². The van der Waals surface area contributed by atoms with Crippen molar-refractivity contribution in [3.63, 3.8) is 0 Å². The topological polar surface area (TPSA) is 63.2 Å². The summed E-state index contributed by atoms with van der Waals surface area (Å²) in [5.74, 6) is 1.10. The van der Waals surface area contributed by atoms with Gasteiger partial charge in [-0.3, -0.25) is 14.7 Å². The molecule has 1 aliphatic heterocycles. The lowest BCUT2D eigenvalue weighted by atomic mass is 10.1. The normalized spacial score (nSPS) is 18.5. The molecule has 0 bridgehead atoms. The van der Waals surface area contributed by atoms with Crippen LogP contribution in [-0.2, 0) is 4.79 Å². The number of amides is 1. The van der Waals surface area contributed by atoms with Gasteiger partial charge in [-0.2, -0.15) is 0 Å². The largest absolute Gasteiger partial charge is 0.357 e. The number of halogens is 2. The summed E-state index contributed by atoms with van der Waals surface area (Å²) in [4.78, 5) is 23.7. The number of likely N-dealkylation sites (N-methyl/N-ethyl adjacent to an activating group) is 1. The van der Waals surface area contributed by atoms with E-state index < -0.39 is 0 Å². The number of carbonyl (C=O) groups is 1. The number of guanidine groups is 1. The summed E-state index contributed by atoms with van der Waals surface area (Å²) in [6, 6.07) is 8.61. The fraction of sp³-hybridized carbons (Fsp3) is 0.636. The molecule has 1 saturated heterocycles. The minimum atomic E-state index is 0. The van der Waals surface area contributed by atoms with Crippen LogP contribution in [0.5, 0.6) is 0 Å². The summed E-state index contributed by atoms with van der Waals surface area (Å²) < 4.78 is 0. The lowest BCUT2D eigenvalue weighted by Crippen LogP contribution is -2.54. The number of hydrogen-bond donors (Lipinski definition) is 2. The second-order valence-electron chi connectivity index (χ2n) is 8.33. The molecule has 0 radical (unpaired) electrons. The van der Waals surface area contributed by atoms with Gasteiger partial charge in [0.05, 0.1) is 19.1 Å². The SMILES string of the molecule is CCNC(=NCC(c1ccc(Cl)cc1)N(C)C)N1CCN(CC(=O)NC2CC2)CC1.I. The number of nitrogens with zero attached hydrogens (tertiary/aromatic N) is 4. The molecule has 1 heterocycles. The molecule has 0 spiro atoms. The number of benzene rings is 1. The van der Waals surface area contributed by atoms with Crippen LogP contribution in [-0.4, -0.2) is 92.5 Å². The van der Waals surface area contributed by atoms with Gasteiger partial charge in [-0.05, 0) is 51.6 Å². The Bertz CT molecular complexity index is 717. The van der Waals surface area contributed by atoms with Gasteiger partial charge in [0.15, 0.2) is 5.96 Å². The minimum absolute atomic E-state index is 0. The van der Waals surface area contributed by atoms with Crippen LogP contribution >= 0.6 is 35.6 Å². The lowest BCUT2D eigenvalue weighted by Gasteiger charge is -2.36. The van der Waals surface area contributed by atoms with Crippen molar-refractivity contribution >= 4 is 47.4 Å². The Morgan fingerprint density at radius 2 is 1.84 bits per heavy atom. The average molecular weight is 563 g/mol. The first-order valence-corrected chi connectivity index (χ1v) is 11.3. The Hall–Kier alpha value is -1.10. The van der Waals surface area contributed by atoms with Crippen molar-refractivity contribution in [2.75, 3.05) is 59.9 Å². The Kier molecular flexibility index (Phi) is 10.8. The third kappa shape index (κ3) is 8.40. The zero-order chi connectivity index (χ0) is 21.5. The minimum Gasteiger partial charge on any atom is -0.357 e. The third-order valence-electron chi connectivity index (χ3n) is 5.61. The van der Waals surface area contributed by atoms with E-state index in [9.17, 15) is 4.79 Å². The Balaban J connectivity index is 0.00000341. The third-order valence-corrected chi connectivity index (χ3v) is 5.86. The second kappa shape index (κ2) is 12.8. The van der Waals surface area contributed by atoms with E-state index in [1.165, 1.54) is 5.56 Å². The van der Waals surface area contributed by atoms with Crippen LogP contribution in [0, 0.1) is 0 Å². The molecule has 2 aliphatic rings. The molecule has 31 heavy (non-hydrogen) atoms. The molecule has 9 heteroatoms. The Morgan fingerprint density at radius 3 is 2.39 bits per heavy atom. The van der Waals surface area contributed by atoms with Crippen molar-refractivity contribution in [3.8, 4) is 0 Å². The van der Waals surface area contributed by atoms with Gasteiger partial charge in [0, 0.05) is 43.8 Å². The fourth-order valence-corrected chi connectivity index (χ4v) is 3.80. The molecule has 2 fully saturated rings. The second-order valence-corrected chi connectivity index (χ2v) is 8.77.